The molecule has 0 aromatic heterocycles. The average molecular weight is 475 g/mol. The van der Waals surface area contributed by atoms with Gasteiger partial charge in [-0.3, -0.25) is 4.79 Å². The SMILES string of the molecule is Cc1ccc(S(=O)(=O)NC(CC(C)C)C(=O)NCc2ccc(OCC3CCCO3)cc2)cc1. The molecule has 0 bridgehead atoms. The van der Waals surface area contributed by atoms with Crippen LogP contribution in [0, 0.1) is 12.8 Å². The molecule has 1 saturated heterocycles. The van der Waals surface area contributed by atoms with E-state index < -0.39 is 16.1 Å². The second-order valence-corrected chi connectivity index (χ2v) is 10.6. The summed E-state index contributed by atoms with van der Waals surface area (Å²) in [5.41, 5.74) is 1.87. The molecule has 180 valence electrons. The van der Waals surface area contributed by atoms with Crippen molar-refractivity contribution in [3.05, 3.63) is 59.7 Å². The highest BCUT2D eigenvalue weighted by Crippen LogP contribution is 2.17. The van der Waals surface area contributed by atoms with Crippen LogP contribution in [0.3, 0.4) is 0 Å². The van der Waals surface area contributed by atoms with E-state index >= 15 is 0 Å². The van der Waals surface area contributed by atoms with E-state index in [0.717, 1.165) is 36.3 Å². The van der Waals surface area contributed by atoms with E-state index in [9.17, 15) is 13.2 Å². The molecule has 0 saturated carbocycles. The van der Waals surface area contributed by atoms with Gasteiger partial charge in [0.15, 0.2) is 0 Å². The standard InChI is InChI=1S/C25H34N2O5S/c1-18(2)15-24(27-33(29,30)23-12-6-19(3)7-13-23)25(28)26-16-20-8-10-21(11-9-20)32-17-22-5-4-14-31-22/h6-13,18,22,24,27H,4-5,14-17H2,1-3H3,(H,26,28). The van der Waals surface area contributed by atoms with Gasteiger partial charge in [-0.15, -0.1) is 0 Å². The summed E-state index contributed by atoms with van der Waals surface area (Å²) in [5, 5.41) is 2.86. The van der Waals surface area contributed by atoms with Gasteiger partial charge in [-0.1, -0.05) is 43.7 Å². The first-order valence-corrected chi connectivity index (χ1v) is 12.9. The minimum atomic E-state index is -3.81. The van der Waals surface area contributed by atoms with Crippen molar-refractivity contribution < 1.29 is 22.7 Å². The lowest BCUT2D eigenvalue weighted by Crippen LogP contribution is -2.47. The summed E-state index contributed by atoms with van der Waals surface area (Å²) >= 11 is 0. The van der Waals surface area contributed by atoms with Gasteiger partial charge in [0.25, 0.3) is 0 Å². The van der Waals surface area contributed by atoms with Crippen LogP contribution in [0.2, 0.25) is 0 Å². The van der Waals surface area contributed by atoms with E-state index in [1.165, 1.54) is 0 Å². The summed E-state index contributed by atoms with van der Waals surface area (Å²) < 4.78 is 39.5. The topological polar surface area (TPSA) is 93.7 Å². The Bertz CT molecular complexity index is 998. The first-order valence-electron chi connectivity index (χ1n) is 11.4. The molecule has 1 heterocycles. The summed E-state index contributed by atoms with van der Waals surface area (Å²) in [5.74, 6) is 0.545. The predicted molar refractivity (Wildman–Crippen MR) is 128 cm³/mol. The third-order valence-electron chi connectivity index (χ3n) is 5.50. The van der Waals surface area contributed by atoms with Crippen molar-refractivity contribution in [2.75, 3.05) is 13.2 Å². The van der Waals surface area contributed by atoms with E-state index in [4.69, 9.17) is 9.47 Å². The molecule has 3 rings (SSSR count). The Hall–Kier alpha value is -2.42. The number of sulfonamides is 1. The van der Waals surface area contributed by atoms with E-state index in [1.54, 1.807) is 24.3 Å². The Morgan fingerprint density at radius 3 is 2.42 bits per heavy atom. The van der Waals surface area contributed by atoms with E-state index in [0.29, 0.717) is 19.6 Å². The van der Waals surface area contributed by atoms with Gasteiger partial charge in [0, 0.05) is 13.2 Å². The van der Waals surface area contributed by atoms with Crippen LogP contribution in [0.5, 0.6) is 5.75 Å². The molecule has 0 radical (unpaired) electrons. The number of ether oxygens (including phenoxy) is 2. The molecule has 2 atom stereocenters. The number of rotatable bonds is 11. The fourth-order valence-electron chi connectivity index (χ4n) is 3.63. The fourth-order valence-corrected chi connectivity index (χ4v) is 4.84. The second-order valence-electron chi connectivity index (χ2n) is 8.92. The molecule has 7 nitrogen and oxygen atoms in total. The molecule has 2 aromatic rings. The van der Waals surface area contributed by atoms with E-state index in [1.807, 2.05) is 45.0 Å². The van der Waals surface area contributed by atoms with Crippen molar-refractivity contribution in [3.8, 4) is 5.75 Å². The van der Waals surface area contributed by atoms with Gasteiger partial charge in [0.1, 0.15) is 18.4 Å². The molecule has 33 heavy (non-hydrogen) atoms. The van der Waals surface area contributed by atoms with E-state index in [-0.39, 0.29) is 22.8 Å². The van der Waals surface area contributed by atoms with Crippen LogP contribution in [0.4, 0.5) is 0 Å². The summed E-state index contributed by atoms with van der Waals surface area (Å²) in [4.78, 5) is 13.0. The molecular formula is C25H34N2O5S. The molecule has 8 heteroatoms. The van der Waals surface area contributed by atoms with Crippen molar-refractivity contribution in [1.29, 1.82) is 0 Å². The van der Waals surface area contributed by atoms with Gasteiger partial charge in [-0.25, -0.2) is 8.42 Å². The predicted octanol–water partition coefficient (Wildman–Crippen LogP) is 3.56. The average Bonchev–Trinajstić information content (AvgIpc) is 3.30. The quantitative estimate of drug-likeness (QED) is 0.519. The lowest BCUT2D eigenvalue weighted by Gasteiger charge is -2.20. The first kappa shape index (κ1) is 25.2. The number of benzene rings is 2. The molecule has 1 aliphatic heterocycles. The molecule has 2 N–H and O–H groups in total. The summed E-state index contributed by atoms with van der Waals surface area (Å²) in [6.45, 7) is 7.43. The zero-order valence-electron chi connectivity index (χ0n) is 19.5. The zero-order valence-corrected chi connectivity index (χ0v) is 20.4. The molecule has 1 fully saturated rings. The normalized spacial score (nSPS) is 17.2. The number of hydrogen-bond acceptors (Lipinski definition) is 5. The van der Waals surface area contributed by atoms with Crippen LogP contribution in [0.25, 0.3) is 0 Å². The Kier molecular flexibility index (Phi) is 8.88. The van der Waals surface area contributed by atoms with Crippen LogP contribution in [-0.4, -0.2) is 39.7 Å². The smallest absolute Gasteiger partial charge is 0.241 e. The minimum absolute atomic E-state index is 0.141. The number of aryl methyl sites for hydroxylation is 1. The number of carbonyl (C=O) groups excluding carboxylic acids is 1. The third kappa shape index (κ3) is 7.84. The van der Waals surface area contributed by atoms with Crippen LogP contribution in [0.15, 0.2) is 53.4 Å². The van der Waals surface area contributed by atoms with Crippen LogP contribution in [-0.2, 0) is 26.1 Å². The van der Waals surface area contributed by atoms with Gasteiger partial charge >= 0.3 is 0 Å². The number of amides is 1. The van der Waals surface area contributed by atoms with Crippen molar-refractivity contribution in [3.63, 3.8) is 0 Å². The Morgan fingerprint density at radius 2 is 1.82 bits per heavy atom. The maximum Gasteiger partial charge on any atom is 0.241 e. The summed E-state index contributed by atoms with van der Waals surface area (Å²) in [6, 6.07) is 13.2. The van der Waals surface area contributed by atoms with Crippen LogP contribution >= 0.6 is 0 Å². The zero-order chi connectivity index (χ0) is 23.8. The Morgan fingerprint density at radius 1 is 1.12 bits per heavy atom. The summed E-state index contributed by atoms with van der Waals surface area (Å²) in [6.07, 6.45) is 2.65. The summed E-state index contributed by atoms with van der Waals surface area (Å²) in [7, 11) is -3.81. The number of nitrogens with one attached hydrogen (secondary N) is 2. The minimum Gasteiger partial charge on any atom is -0.491 e. The van der Waals surface area contributed by atoms with Crippen LogP contribution < -0.4 is 14.8 Å². The number of carbonyl (C=O) groups is 1. The molecular weight excluding hydrogens is 440 g/mol. The Balaban J connectivity index is 1.56. The second kappa shape index (κ2) is 11.6. The molecule has 2 aromatic carbocycles. The van der Waals surface area contributed by atoms with Crippen molar-refractivity contribution in [1.82, 2.24) is 10.0 Å². The van der Waals surface area contributed by atoms with E-state index in [2.05, 4.69) is 10.0 Å². The van der Waals surface area contributed by atoms with Crippen molar-refractivity contribution in [2.45, 2.75) is 63.6 Å². The number of hydrogen-bond donors (Lipinski definition) is 2. The molecule has 1 aliphatic rings. The van der Waals surface area contributed by atoms with Crippen molar-refractivity contribution in [2.24, 2.45) is 5.92 Å². The lowest BCUT2D eigenvalue weighted by molar-refractivity contribution is -0.123. The molecule has 0 aliphatic carbocycles. The first-order chi connectivity index (χ1) is 15.7. The van der Waals surface area contributed by atoms with Gasteiger partial charge in [0.2, 0.25) is 15.9 Å². The molecule has 1 amide bonds. The van der Waals surface area contributed by atoms with Gasteiger partial charge in [0.05, 0.1) is 11.0 Å². The highest BCUT2D eigenvalue weighted by atomic mass is 32.2. The largest absolute Gasteiger partial charge is 0.491 e. The highest BCUT2D eigenvalue weighted by molar-refractivity contribution is 7.89. The lowest BCUT2D eigenvalue weighted by atomic mass is 10.0. The van der Waals surface area contributed by atoms with Crippen LogP contribution in [0.1, 0.15) is 44.2 Å². The van der Waals surface area contributed by atoms with Gasteiger partial charge in [-0.05, 0) is 61.9 Å². The van der Waals surface area contributed by atoms with Gasteiger partial charge < -0.3 is 14.8 Å². The highest BCUT2D eigenvalue weighted by Gasteiger charge is 2.26. The van der Waals surface area contributed by atoms with Gasteiger partial charge in [-0.2, -0.15) is 4.72 Å². The third-order valence-corrected chi connectivity index (χ3v) is 6.99. The molecule has 2 unspecified atom stereocenters. The monoisotopic (exact) mass is 474 g/mol. The van der Waals surface area contributed by atoms with Crippen molar-refractivity contribution >= 4 is 15.9 Å². The maximum atomic E-state index is 12.9. The Labute approximate surface area is 196 Å². The maximum absolute atomic E-state index is 12.9. The fraction of sp³-hybridized carbons (Fsp3) is 0.480. The molecule has 0 spiro atoms.